The maximum Gasteiger partial charge on any atom is 0.187 e. The molecule has 0 saturated heterocycles. The van der Waals surface area contributed by atoms with Crippen LogP contribution in [0.15, 0.2) is 212 Å². The Hall–Kier alpha value is -8.65. The zero-order valence-electron chi connectivity index (χ0n) is 34.5. The Morgan fingerprint density at radius 2 is 0.891 bits per heavy atom. The first-order valence-corrected chi connectivity index (χ1v) is 21.6. The molecule has 64 heavy (non-hydrogen) atoms. The van der Waals surface area contributed by atoms with E-state index in [9.17, 15) is 0 Å². The number of rotatable bonds is 4. The summed E-state index contributed by atoms with van der Waals surface area (Å²) in [5.74, 6) is 2.44. The van der Waals surface area contributed by atoms with Gasteiger partial charge in [0.15, 0.2) is 11.5 Å². The number of fused-ring (bicyclic) bond motifs is 14. The molecule has 0 fully saturated rings. The summed E-state index contributed by atoms with van der Waals surface area (Å²) in [5.41, 5.74) is 15.1. The molecule has 4 heteroatoms. The summed E-state index contributed by atoms with van der Waals surface area (Å²) in [7, 11) is 0. The summed E-state index contributed by atoms with van der Waals surface area (Å²) >= 11 is 0. The van der Waals surface area contributed by atoms with Crippen LogP contribution in [0, 0.1) is 6.57 Å². The van der Waals surface area contributed by atoms with Gasteiger partial charge in [-0.15, -0.1) is 0 Å². The fourth-order valence-corrected chi connectivity index (χ4v) is 10.6. The lowest BCUT2D eigenvalue weighted by molar-refractivity contribution is 0.447. The minimum atomic E-state index is -0.806. The topological polar surface area (TPSA) is 39.4 Å². The highest BCUT2D eigenvalue weighted by molar-refractivity contribution is 6.04. The largest absolute Gasteiger partial charge is 0.455 e. The number of aromatic nitrogens is 2. The quantitative estimate of drug-likeness (QED) is 0.166. The Bertz CT molecular complexity index is 3670. The van der Waals surface area contributed by atoms with Crippen LogP contribution >= 0.6 is 0 Å². The van der Waals surface area contributed by atoms with Crippen LogP contribution in [0.4, 0.5) is 5.69 Å². The van der Waals surface area contributed by atoms with Crippen LogP contribution in [0.2, 0.25) is 0 Å². The lowest BCUT2D eigenvalue weighted by Crippen LogP contribution is -2.33. The average molecular weight is 814 g/mol. The summed E-state index contributed by atoms with van der Waals surface area (Å²) in [6.45, 7) is 7.73. The molecule has 4 nitrogen and oxygen atoms in total. The maximum absolute atomic E-state index is 7.73. The van der Waals surface area contributed by atoms with E-state index in [1.807, 2.05) is 36.4 Å². The van der Waals surface area contributed by atoms with Crippen molar-refractivity contribution in [3.8, 4) is 67.5 Å². The number of para-hydroxylation sites is 1. The predicted molar refractivity (Wildman–Crippen MR) is 260 cm³/mol. The van der Waals surface area contributed by atoms with Crippen molar-refractivity contribution in [3.63, 3.8) is 0 Å². The van der Waals surface area contributed by atoms with Gasteiger partial charge in [0.2, 0.25) is 0 Å². The third-order valence-electron chi connectivity index (χ3n) is 13.4. The number of hydrogen-bond acceptors (Lipinski definition) is 3. The summed E-state index contributed by atoms with van der Waals surface area (Å²) in [6.07, 6.45) is 0. The molecule has 296 valence electrons. The van der Waals surface area contributed by atoms with Crippen LogP contribution in [0.1, 0.15) is 22.3 Å². The van der Waals surface area contributed by atoms with E-state index < -0.39 is 5.41 Å². The molecule has 0 radical (unpaired) electrons. The lowest BCUT2D eigenvalue weighted by Gasteiger charge is -2.42. The Labute approximate surface area is 370 Å². The lowest BCUT2D eigenvalue weighted by atomic mass is 9.62. The van der Waals surface area contributed by atoms with Gasteiger partial charge in [0.1, 0.15) is 11.5 Å². The first-order valence-electron chi connectivity index (χ1n) is 21.6. The van der Waals surface area contributed by atoms with E-state index >= 15 is 0 Å². The summed E-state index contributed by atoms with van der Waals surface area (Å²) < 4.78 is 7.34. The number of nitrogens with zero attached hydrogens (tertiary/aromatic N) is 3. The van der Waals surface area contributed by atoms with Gasteiger partial charge in [-0.1, -0.05) is 206 Å². The molecule has 0 atom stereocenters. The zero-order valence-corrected chi connectivity index (χ0v) is 34.5. The molecule has 1 aromatic heterocycles. The molecule has 0 unspecified atom stereocenters. The summed E-state index contributed by atoms with van der Waals surface area (Å²) in [5, 5.41) is 5.40. The van der Waals surface area contributed by atoms with Crippen molar-refractivity contribution in [1.29, 1.82) is 0 Å². The number of hydrogen-bond donors (Lipinski definition) is 0. The normalized spacial score (nSPS) is 12.9. The molecule has 1 spiro atoms. The molecule has 1 aliphatic heterocycles. The van der Waals surface area contributed by atoms with Gasteiger partial charge in [0.05, 0.1) is 23.2 Å². The predicted octanol–water partition coefficient (Wildman–Crippen LogP) is 15.6. The van der Waals surface area contributed by atoms with Crippen LogP contribution in [-0.2, 0) is 5.41 Å². The van der Waals surface area contributed by atoms with Crippen molar-refractivity contribution in [2.45, 2.75) is 5.41 Å². The van der Waals surface area contributed by atoms with Crippen LogP contribution < -0.4 is 4.74 Å². The van der Waals surface area contributed by atoms with Crippen molar-refractivity contribution in [2.24, 2.45) is 0 Å². The third kappa shape index (κ3) is 5.16. The van der Waals surface area contributed by atoms with Crippen molar-refractivity contribution < 1.29 is 4.74 Å². The first-order chi connectivity index (χ1) is 31.7. The summed E-state index contributed by atoms with van der Waals surface area (Å²) in [6, 6.07) is 75.2. The second-order valence-corrected chi connectivity index (χ2v) is 16.7. The van der Waals surface area contributed by atoms with Gasteiger partial charge in [-0.2, -0.15) is 0 Å². The van der Waals surface area contributed by atoms with E-state index in [-0.39, 0.29) is 0 Å². The molecule has 11 aromatic rings. The molecule has 2 heterocycles. The molecule has 2 aliphatic rings. The van der Waals surface area contributed by atoms with Crippen molar-refractivity contribution in [1.82, 2.24) is 9.97 Å². The van der Waals surface area contributed by atoms with Gasteiger partial charge in [-0.25, -0.2) is 14.8 Å². The third-order valence-corrected chi connectivity index (χ3v) is 13.4. The van der Waals surface area contributed by atoms with Gasteiger partial charge in [-0.05, 0) is 61.3 Å². The zero-order chi connectivity index (χ0) is 42.4. The number of benzene rings is 10. The van der Waals surface area contributed by atoms with Gasteiger partial charge in [0.25, 0.3) is 0 Å². The van der Waals surface area contributed by atoms with E-state index in [4.69, 9.17) is 21.3 Å². The van der Waals surface area contributed by atoms with Gasteiger partial charge >= 0.3 is 0 Å². The fourth-order valence-electron chi connectivity index (χ4n) is 10.6. The molecular formula is C60H35N3O. The van der Waals surface area contributed by atoms with Crippen molar-refractivity contribution >= 4 is 38.1 Å². The van der Waals surface area contributed by atoms with Crippen LogP contribution in [0.25, 0.3) is 93.3 Å². The SMILES string of the molecule is [C-]#[N+]c1ccc(-c2cccc3c2C2(c4ccc5ccccc5c4Oc4c2ccc2ccccc42)c2c(-c4ccc(-c5nc(-c6ccccc6)nc6ccccc56)cc4)cccc2-3)cc1. The van der Waals surface area contributed by atoms with Gasteiger partial charge in [-0.3, -0.25) is 0 Å². The Balaban J connectivity index is 1.11. The maximum atomic E-state index is 7.73. The van der Waals surface area contributed by atoms with E-state index in [0.29, 0.717) is 11.5 Å². The molecule has 0 saturated carbocycles. The Kier molecular flexibility index (Phi) is 7.85. The monoisotopic (exact) mass is 813 g/mol. The van der Waals surface area contributed by atoms with Crippen molar-refractivity contribution in [2.75, 3.05) is 0 Å². The number of ether oxygens (including phenoxy) is 1. The summed E-state index contributed by atoms with van der Waals surface area (Å²) in [4.78, 5) is 13.9. The second kappa shape index (κ2) is 13.9. The molecule has 0 bridgehead atoms. The highest BCUT2D eigenvalue weighted by Gasteiger charge is 2.54. The van der Waals surface area contributed by atoms with E-state index in [1.54, 1.807) is 0 Å². The van der Waals surface area contributed by atoms with Crippen LogP contribution in [-0.4, -0.2) is 9.97 Å². The van der Waals surface area contributed by atoms with Gasteiger partial charge in [0, 0.05) is 38.4 Å². The standard InChI is InChI=1S/C60H35N3O/c1-61-43-33-29-40(30-34-43)45-21-12-23-49-48-22-11-20-44(39-25-27-41(28-26-39)56-50-19-9-10-24-53(50)62-59(63-56)42-15-3-2-4-16-42)54(48)60(55(45)49)51-35-31-37-13-5-7-17-46(37)57(51)64-58-47-18-8-6-14-38(47)32-36-52(58)60/h2-36H. The average Bonchev–Trinajstić information content (AvgIpc) is 3.67. The molecule has 0 N–H and O–H groups in total. The van der Waals surface area contributed by atoms with Gasteiger partial charge < -0.3 is 4.74 Å². The minimum Gasteiger partial charge on any atom is -0.455 e. The molecular weight excluding hydrogens is 779 g/mol. The molecule has 13 rings (SSSR count). The Morgan fingerprint density at radius 3 is 1.48 bits per heavy atom. The fraction of sp³-hybridized carbons (Fsp3) is 0.0167. The molecule has 10 aromatic carbocycles. The highest BCUT2D eigenvalue weighted by Crippen LogP contribution is 2.67. The van der Waals surface area contributed by atoms with Crippen LogP contribution in [0.3, 0.4) is 0 Å². The first kappa shape index (κ1) is 36.0. The molecule has 1 aliphatic carbocycles. The van der Waals surface area contributed by atoms with E-state index in [0.717, 1.165) is 94.1 Å². The van der Waals surface area contributed by atoms with E-state index in [1.165, 1.54) is 22.3 Å². The smallest absolute Gasteiger partial charge is 0.187 e. The highest BCUT2D eigenvalue weighted by atomic mass is 16.5. The van der Waals surface area contributed by atoms with E-state index in [2.05, 4.69) is 181 Å². The van der Waals surface area contributed by atoms with Crippen molar-refractivity contribution in [3.05, 3.63) is 246 Å². The minimum absolute atomic E-state index is 0.617. The second-order valence-electron chi connectivity index (χ2n) is 16.7. The Morgan fingerprint density at radius 1 is 0.391 bits per heavy atom. The van der Waals surface area contributed by atoms with Crippen LogP contribution in [0.5, 0.6) is 11.5 Å². The molecule has 0 amide bonds.